The van der Waals surface area contributed by atoms with Crippen molar-refractivity contribution >= 4 is 33.6 Å². The normalized spacial score (nSPS) is 26.6. The molecule has 264 valence electrons. The molecule has 4 aromatic rings. The molecule has 2 bridgehead atoms. The minimum atomic E-state index is -0.949. The van der Waals surface area contributed by atoms with Crippen molar-refractivity contribution in [3.8, 4) is 35.5 Å². The van der Waals surface area contributed by atoms with E-state index in [2.05, 4.69) is 20.7 Å². The van der Waals surface area contributed by atoms with Gasteiger partial charge in [0.2, 0.25) is 5.88 Å². The SMILES string of the molecule is C#Cc1c(F)ccc2cccc(-c3nc4c5c(nc(OC[C@@]67CCCN6C[C@H](F)C7)nc5c3F)N3CC5CCC(C3CO4)N5C(=O)OC(C)C)c12. The van der Waals surface area contributed by atoms with Crippen molar-refractivity contribution in [2.45, 2.75) is 81.9 Å². The summed E-state index contributed by atoms with van der Waals surface area (Å²) >= 11 is 0. The average Bonchev–Trinajstić information content (AvgIpc) is 3.71. The Labute approximate surface area is 292 Å². The van der Waals surface area contributed by atoms with Gasteiger partial charge in [-0.1, -0.05) is 30.2 Å². The van der Waals surface area contributed by atoms with Crippen LogP contribution in [0.1, 0.15) is 51.5 Å². The van der Waals surface area contributed by atoms with Crippen molar-refractivity contribution in [2.75, 3.05) is 37.7 Å². The summed E-state index contributed by atoms with van der Waals surface area (Å²) in [7, 11) is 0. The fourth-order valence-corrected chi connectivity index (χ4v) is 9.19. The van der Waals surface area contributed by atoms with Gasteiger partial charge in [-0.05, 0) is 57.5 Å². The third-order valence-corrected chi connectivity index (χ3v) is 11.3. The Balaban J connectivity index is 1.20. The number of fused-ring (bicyclic) bond motifs is 7. The molecule has 4 saturated heterocycles. The first-order valence-electron chi connectivity index (χ1n) is 17.7. The molecular formula is C38H37F3N6O4. The van der Waals surface area contributed by atoms with Crippen molar-refractivity contribution < 1.29 is 32.2 Å². The van der Waals surface area contributed by atoms with Gasteiger partial charge in [0.15, 0.2) is 5.82 Å². The number of carbonyl (C=O) groups is 1. The van der Waals surface area contributed by atoms with Crippen LogP contribution in [-0.2, 0) is 4.74 Å². The fraction of sp³-hybridized carbons (Fsp3) is 0.474. The molecule has 2 aromatic heterocycles. The molecule has 0 spiro atoms. The lowest BCUT2D eigenvalue weighted by Gasteiger charge is -2.46. The Kier molecular flexibility index (Phi) is 7.47. The summed E-state index contributed by atoms with van der Waals surface area (Å²) in [5.41, 5.74) is -0.388. The molecule has 13 heteroatoms. The number of nitrogens with zero attached hydrogens (tertiary/aromatic N) is 6. The van der Waals surface area contributed by atoms with Gasteiger partial charge < -0.3 is 19.1 Å². The molecule has 0 aliphatic carbocycles. The van der Waals surface area contributed by atoms with Gasteiger partial charge in [0.25, 0.3) is 0 Å². The van der Waals surface area contributed by atoms with E-state index in [1.165, 1.54) is 6.07 Å². The van der Waals surface area contributed by atoms with Gasteiger partial charge in [-0.15, -0.1) is 6.42 Å². The first kappa shape index (κ1) is 32.1. The molecular weight excluding hydrogens is 661 g/mol. The summed E-state index contributed by atoms with van der Waals surface area (Å²) in [4.78, 5) is 33.6. The van der Waals surface area contributed by atoms with Crippen LogP contribution in [0.4, 0.5) is 23.8 Å². The number of piperazine rings is 1. The van der Waals surface area contributed by atoms with Crippen LogP contribution in [0, 0.1) is 24.0 Å². The van der Waals surface area contributed by atoms with Crippen LogP contribution < -0.4 is 14.4 Å². The van der Waals surface area contributed by atoms with E-state index in [-0.39, 0.29) is 83.2 Å². The van der Waals surface area contributed by atoms with Crippen molar-refractivity contribution in [3.05, 3.63) is 47.5 Å². The quantitative estimate of drug-likeness (QED) is 0.232. The Hall–Kier alpha value is -4.83. The van der Waals surface area contributed by atoms with Gasteiger partial charge in [0, 0.05) is 30.5 Å². The van der Waals surface area contributed by atoms with E-state index in [9.17, 15) is 9.18 Å². The number of rotatable bonds is 5. The molecule has 3 unspecified atom stereocenters. The number of pyridine rings is 1. The number of aromatic nitrogens is 3. The van der Waals surface area contributed by atoms with Gasteiger partial charge in [-0.2, -0.15) is 9.97 Å². The average molecular weight is 699 g/mol. The van der Waals surface area contributed by atoms with Crippen molar-refractivity contribution in [3.63, 3.8) is 0 Å². The van der Waals surface area contributed by atoms with E-state index in [4.69, 9.17) is 30.6 Å². The van der Waals surface area contributed by atoms with Crippen LogP contribution in [0.25, 0.3) is 32.9 Å². The largest absolute Gasteiger partial charge is 0.475 e. The van der Waals surface area contributed by atoms with Crippen LogP contribution >= 0.6 is 0 Å². The zero-order valence-electron chi connectivity index (χ0n) is 28.4. The van der Waals surface area contributed by atoms with Crippen molar-refractivity contribution in [1.29, 1.82) is 0 Å². The summed E-state index contributed by atoms with van der Waals surface area (Å²) in [6.07, 6.45) is 7.71. The van der Waals surface area contributed by atoms with Gasteiger partial charge in [-0.3, -0.25) is 9.80 Å². The van der Waals surface area contributed by atoms with Crippen molar-refractivity contribution in [1.82, 2.24) is 24.8 Å². The number of ether oxygens (including phenoxy) is 3. The summed E-state index contributed by atoms with van der Waals surface area (Å²) in [5, 5.41) is 1.23. The molecule has 7 heterocycles. The second-order valence-corrected chi connectivity index (χ2v) is 14.6. The minimum absolute atomic E-state index is 0.00628. The molecule has 10 nitrogen and oxygen atoms in total. The highest BCUT2D eigenvalue weighted by Gasteiger charge is 2.52. The predicted molar refractivity (Wildman–Crippen MR) is 184 cm³/mol. The number of hydrogen-bond acceptors (Lipinski definition) is 9. The van der Waals surface area contributed by atoms with E-state index in [1.54, 1.807) is 24.3 Å². The van der Waals surface area contributed by atoms with Crippen molar-refractivity contribution in [2.24, 2.45) is 0 Å². The lowest BCUT2D eigenvalue weighted by Crippen LogP contribution is -2.63. The molecule has 51 heavy (non-hydrogen) atoms. The Morgan fingerprint density at radius 2 is 1.98 bits per heavy atom. The monoisotopic (exact) mass is 698 g/mol. The topological polar surface area (TPSA) is 93.2 Å². The standard InChI is InChI=1S/C38H37F3N6O4/c1-4-24-26(40)11-9-21-7-5-8-25(29(21)24)32-31(41)33-30-34(44-36(43-33)50-19-38-13-6-14-45(38)16-22(39)15-38)46-17-23-10-12-27(28(46)18-49-35(30)42-32)47(23)37(48)51-20(2)3/h1,5,7-9,11,20,22-23,27-28H,6,10,12-19H2,2-3H3/t22-,23?,27?,28?,38+/m1/s1. The van der Waals surface area contributed by atoms with E-state index in [0.29, 0.717) is 36.1 Å². The smallest absolute Gasteiger partial charge is 0.410 e. The van der Waals surface area contributed by atoms with Crippen LogP contribution in [0.15, 0.2) is 30.3 Å². The Morgan fingerprint density at radius 1 is 1.12 bits per heavy atom. The van der Waals surface area contributed by atoms with Gasteiger partial charge in [0.1, 0.15) is 47.6 Å². The van der Waals surface area contributed by atoms with Crippen LogP contribution in [-0.4, -0.2) is 99.6 Å². The van der Waals surface area contributed by atoms with E-state index in [0.717, 1.165) is 32.2 Å². The second kappa shape index (κ2) is 11.9. The summed E-state index contributed by atoms with van der Waals surface area (Å²) in [5.74, 6) is 1.55. The zero-order valence-corrected chi connectivity index (χ0v) is 28.4. The maximum atomic E-state index is 17.2. The number of carbonyl (C=O) groups excluding carboxylic acids is 1. The number of alkyl halides is 1. The molecule has 9 rings (SSSR count). The highest BCUT2D eigenvalue weighted by Crippen LogP contribution is 2.46. The first-order chi connectivity index (χ1) is 24.7. The van der Waals surface area contributed by atoms with Crippen LogP contribution in [0.3, 0.4) is 0 Å². The number of terminal acetylenes is 1. The third kappa shape index (κ3) is 4.97. The summed E-state index contributed by atoms with van der Waals surface area (Å²) < 4.78 is 65.2. The lowest BCUT2D eigenvalue weighted by atomic mass is 9.95. The number of anilines is 1. The number of benzene rings is 2. The van der Waals surface area contributed by atoms with Gasteiger partial charge in [-0.25, -0.2) is 22.9 Å². The number of hydrogen-bond donors (Lipinski definition) is 0. The van der Waals surface area contributed by atoms with Crippen LogP contribution in [0.2, 0.25) is 0 Å². The van der Waals surface area contributed by atoms with Crippen LogP contribution in [0.5, 0.6) is 11.9 Å². The number of amides is 1. The van der Waals surface area contributed by atoms with E-state index in [1.807, 2.05) is 18.7 Å². The Morgan fingerprint density at radius 3 is 2.80 bits per heavy atom. The molecule has 5 aliphatic rings. The molecule has 5 aliphatic heterocycles. The zero-order chi connectivity index (χ0) is 35.2. The van der Waals surface area contributed by atoms with E-state index < -0.39 is 23.3 Å². The highest BCUT2D eigenvalue weighted by atomic mass is 19.1. The second-order valence-electron chi connectivity index (χ2n) is 14.6. The minimum Gasteiger partial charge on any atom is -0.475 e. The molecule has 2 aromatic carbocycles. The first-order valence-corrected chi connectivity index (χ1v) is 17.7. The van der Waals surface area contributed by atoms with Gasteiger partial charge in [0.05, 0.1) is 35.3 Å². The summed E-state index contributed by atoms with van der Waals surface area (Å²) in [6.45, 7) is 5.46. The maximum absolute atomic E-state index is 17.2. The fourth-order valence-electron chi connectivity index (χ4n) is 9.19. The predicted octanol–water partition coefficient (Wildman–Crippen LogP) is 6.02. The molecule has 4 fully saturated rings. The molecule has 0 N–H and O–H groups in total. The highest BCUT2D eigenvalue weighted by molar-refractivity contribution is 6.03. The lowest BCUT2D eigenvalue weighted by molar-refractivity contribution is 0.0448. The summed E-state index contributed by atoms with van der Waals surface area (Å²) in [6, 6.07) is 7.19. The molecule has 1 amide bonds. The third-order valence-electron chi connectivity index (χ3n) is 11.3. The van der Waals surface area contributed by atoms with E-state index >= 15 is 8.78 Å². The molecule has 0 saturated carbocycles. The maximum Gasteiger partial charge on any atom is 0.410 e. The number of halogens is 3. The van der Waals surface area contributed by atoms with Gasteiger partial charge >= 0.3 is 12.1 Å². The molecule has 0 radical (unpaired) electrons. The Bertz CT molecular complexity index is 2140. The molecule has 5 atom stereocenters.